The first-order chi connectivity index (χ1) is 16.8. The fourth-order valence-electron chi connectivity index (χ4n) is 4.20. The van der Waals surface area contributed by atoms with E-state index < -0.39 is 5.60 Å². The summed E-state index contributed by atoms with van der Waals surface area (Å²) in [6.45, 7) is 10.1. The van der Waals surface area contributed by atoms with Gasteiger partial charge in [0.05, 0.1) is 13.2 Å². The van der Waals surface area contributed by atoms with E-state index in [1.165, 1.54) is 0 Å². The van der Waals surface area contributed by atoms with Gasteiger partial charge in [-0.1, -0.05) is 42.5 Å². The van der Waals surface area contributed by atoms with E-state index >= 15 is 0 Å². The van der Waals surface area contributed by atoms with E-state index in [-0.39, 0.29) is 24.9 Å². The van der Waals surface area contributed by atoms with Crippen LogP contribution in [0.25, 0.3) is 0 Å². The largest absolute Gasteiger partial charge is 0.445 e. The Labute approximate surface area is 207 Å². The van der Waals surface area contributed by atoms with Crippen LogP contribution in [0.15, 0.2) is 54.6 Å². The summed E-state index contributed by atoms with van der Waals surface area (Å²) in [5, 5.41) is 0. The Bertz CT molecular complexity index is 982. The van der Waals surface area contributed by atoms with Gasteiger partial charge in [-0.3, -0.25) is 0 Å². The first kappa shape index (κ1) is 24.9. The van der Waals surface area contributed by atoms with Crippen molar-refractivity contribution in [1.82, 2.24) is 9.80 Å². The molecule has 2 heterocycles. The summed E-state index contributed by atoms with van der Waals surface area (Å²) in [5.41, 5.74) is 2.60. The third-order valence-corrected chi connectivity index (χ3v) is 6.09. The maximum Gasteiger partial charge on any atom is 0.410 e. The number of carbonyl (C=O) groups excluding carboxylic acids is 2. The normalized spacial score (nSPS) is 18.8. The lowest BCUT2D eigenvalue weighted by Gasteiger charge is -2.36. The summed E-state index contributed by atoms with van der Waals surface area (Å²) in [6.07, 6.45) is -0.753. The fraction of sp³-hybridized carbons (Fsp3) is 0.481. The molecule has 2 saturated heterocycles. The van der Waals surface area contributed by atoms with Gasteiger partial charge in [0, 0.05) is 38.4 Å². The van der Waals surface area contributed by atoms with Crippen LogP contribution in [0.4, 0.5) is 15.3 Å². The molecule has 0 radical (unpaired) electrons. The molecule has 0 aromatic heterocycles. The highest BCUT2D eigenvalue weighted by molar-refractivity contribution is 5.69. The zero-order chi connectivity index (χ0) is 24.8. The van der Waals surface area contributed by atoms with Gasteiger partial charge in [-0.05, 0) is 44.0 Å². The molecule has 35 heavy (non-hydrogen) atoms. The van der Waals surface area contributed by atoms with Crippen LogP contribution in [0.2, 0.25) is 0 Å². The Hall–Kier alpha value is -3.26. The first-order valence-electron chi connectivity index (χ1n) is 12.2. The predicted octanol–water partition coefficient (Wildman–Crippen LogP) is 4.45. The van der Waals surface area contributed by atoms with Crippen molar-refractivity contribution >= 4 is 17.9 Å². The lowest BCUT2D eigenvalue weighted by Crippen LogP contribution is -2.49. The molecule has 0 saturated carbocycles. The van der Waals surface area contributed by atoms with E-state index in [1.54, 1.807) is 9.80 Å². The van der Waals surface area contributed by atoms with E-state index in [2.05, 4.69) is 29.2 Å². The van der Waals surface area contributed by atoms with Gasteiger partial charge in [-0.2, -0.15) is 0 Å². The molecule has 8 nitrogen and oxygen atoms in total. The number of piperazine rings is 1. The van der Waals surface area contributed by atoms with Crippen LogP contribution in [0.1, 0.15) is 38.0 Å². The number of carbonyl (C=O) groups is 2. The van der Waals surface area contributed by atoms with Gasteiger partial charge >= 0.3 is 12.2 Å². The first-order valence-corrected chi connectivity index (χ1v) is 12.2. The van der Waals surface area contributed by atoms with Gasteiger partial charge in [-0.25, -0.2) is 9.59 Å². The Balaban J connectivity index is 1.26. The third kappa shape index (κ3) is 6.88. The minimum atomic E-state index is -0.519. The second-order valence-electron chi connectivity index (χ2n) is 9.89. The predicted molar refractivity (Wildman–Crippen MR) is 133 cm³/mol. The number of hydrogen-bond donors (Lipinski definition) is 0. The van der Waals surface area contributed by atoms with Crippen LogP contribution in [0.3, 0.4) is 0 Å². The lowest BCUT2D eigenvalue weighted by molar-refractivity contribution is -0.0432. The van der Waals surface area contributed by atoms with Crippen molar-refractivity contribution in [2.75, 3.05) is 50.8 Å². The highest BCUT2D eigenvalue weighted by Gasteiger charge is 2.29. The molecule has 4 rings (SSSR count). The third-order valence-electron chi connectivity index (χ3n) is 6.09. The van der Waals surface area contributed by atoms with Crippen LogP contribution in [-0.4, -0.2) is 73.5 Å². The Morgan fingerprint density at radius 1 is 0.886 bits per heavy atom. The molecule has 2 aliphatic rings. The molecule has 2 fully saturated rings. The fourth-order valence-corrected chi connectivity index (χ4v) is 4.20. The van der Waals surface area contributed by atoms with Crippen molar-refractivity contribution in [2.24, 2.45) is 0 Å². The average Bonchev–Trinajstić information content (AvgIpc) is 2.87. The molecule has 2 amide bonds. The van der Waals surface area contributed by atoms with Gasteiger partial charge < -0.3 is 28.9 Å². The monoisotopic (exact) mass is 481 g/mol. The SMILES string of the molecule is CC(C)(C)OC(=O)N1CCO[C@H](c2ccc(N3CCN(C(=O)OCc4ccccc4)CC3)cc2)C1. The molecule has 2 aliphatic heterocycles. The quantitative estimate of drug-likeness (QED) is 0.642. The summed E-state index contributed by atoms with van der Waals surface area (Å²) < 4.78 is 16.9. The van der Waals surface area contributed by atoms with E-state index in [9.17, 15) is 9.59 Å². The number of nitrogens with zero attached hydrogens (tertiary/aromatic N) is 3. The molecule has 0 N–H and O–H groups in total. The maximum atomic E-state index is 12.4. The number of rotatable bonds is 4. The topological polar surface area (TPSA) is 71.5 Å². The lowest BCUT2D eigenvalue weighted by atomic mass is 10.1. The molecule has 1 atom stereocenters. The van der Waals surface area contributed by atoms with Crippen LogP contribution in [0, 0.1) is 0 Å². The number of anilines is 1. The summed E-state index contributed by atoms with van der Waals surface area (Å²) in [5.74, 6) is 0. The van der Waals surface area contributed by atoms with Crippen molar-refractivity contribution < 1.29 is 23.8 Å². The van der Waals surface area contributed by atoms with Crippen molar-refractivity contribution in [3.8, 4) is 0 Å². The zero-order valence-electron chi connectivity index (χ0n) is 20.8. The van der Waals surface area contributed by atoms with Crippen molar-refractivity contribution in [3.05, 3.63) is 65.7 Å². The molecule has 2 aromatic rings. The summed E-state index contributed by atoms with van der Waals surface area (Å²) >= 11 is 0. The van der Waals surface area contributed by atoms with Crippen LogP contribution < -0.4 is 4.90 Å². The standard InChI is InChI=1S/C27H35N3O5/c1-27(2,3)35-26(32)30-17-18-33-24(19-30)22-9-11-23(12-10-22)28-13-15-29(16-14-28)25(31)34-20-21-7-5-4-6-8-21/h4-12,24H,13-20H2,1-3H3/t24-/m0/s1. The number of amides is 2. The number of morpholine rings is 1. The maximum absolute atomic E-state index is 12.4. The van der Waals surface area contributed by atoms with Crippen molar-refractivity contribution in [3.63, 3.8) is 0 Å². The van der Waals surface area contributed by atoms with Crippen molar-refractivity contribution in [2.45, 2.75) is 39.1 Å². The number of ether oxygens (including phenoxy) is 3. The van der Waals surface area contributed by atoms with Crippen LogP contribution in [0.5, 0.6) is 0 Å². The average molecular weight is 482 g/mol. The molecular formula is C27H35N3O5. The molecule has 2 aromatic carbocycles. The Morgan fingerprint density at radius 3 is 2.23 bits per heavy atom. The number of benzene rings is 2. The van der Waals surface area contributed by atoms with Gasteiger partial charge in [0.1, 0.15) is 18.3 Å². The van der Waals surface area contributed by atoms with Crippen LogP contribution in [-0.2, 0) is 20.8 Å². The van der Waals surface area contributed by atoms with Crippen molar-refractivity contribution in [1.29, 1.82) is 0 Å². The highest BCUT2D eigenvalue weighted by atomic mass is 16.6. The minimum absolute atomic E-state index is 0.179. The summed E-state index contributed by atoms with van der Waals surface area (Å²) in [4.78, 5) is 30.6. The molecule has 0 spiro atoms. The van der Waals surface area contributed by atoms with Gasteiger partial charge in [0.25, 0.3) is 0 Å². The molecule has 0 aliphatic carbocycles. The molecule has 8 heteroatoms. The van der Waals surface area contributed by atoms with Gasteiger partial charge in [0.15, 0.2) is 0 Å². The van der Waals surface area contributed by atoms with Gasteiger partial charge in [-0.15, -0.1) is 0 Å². The van der Waals surface area contributed by atoms with E-state index in [1.807, 2.05) is 51.1 Å². The number of hydrogen-bond acceptors (Lipinski definition) is 6. The summed E-state index contributed by atoms with van der Waals surface area (Å²) in [6, 6.07) is 18.0. The molecule has 0 bridgehead atoms. The van der Waals surface area contributed by atoms with E-state index in [0.29, 0.717) is 32.8 Å². The van der Waals surface area contributed by atoms with E-state index in [4.69, 9.17) is 14.2 Å². The Kier molecular flexibility index (Phi) is 7.80. The van der Waals surface area contributed by atoms with E-state index in [0.717, 1.165) is 29.9 Å². The molecule has 0 unspecified atom stereocenters. The Morgan fingerprint density at radius 2 is 1.57 bits per heavy atom. The molecular weight excluding hydrogens is 446 g/mol. The smallest absolute Gasteiger partial charge is 0.410 e. The minimum Gasteiger partial charge on any atom is -0.445 e. The zero-order valence-corrected chi connectivity index (χ0v) is 20.8. The summed E-state index contributed by atoms with van der Waals surface area (Å²) in [7, 11) is 0. The van der Waals surface area contributed by atoms with Crippen LogP contribution >= 0.6 is 0 Å². The van der Waals surface area contributed by atoms with Gasteiger partial charge in [0.2, 0.25) is 0 Å². The second-order valence-corrected chi connectivity index (χ2v) is 9.89. The second kappa shape index (κ2) is 11.0. The highest BCUT2D eigenvalue weighted by Crippen LogP contribution is 2.26. The molecule has 188 valence electrons.